The fourth-order valence-corrected chi connectivity index (χ4v) is 1.36. The Bertz CT molecular complexity index is 220. The lowest BCUT2D eigenvalue weighted by atomic mass is 10.2. The minimum Gasteiger partial charge on any atom is -0.300 e. The Morgan fingerprint density at radius 2 is 2.08 bits per heavy atom. The number of aldehydes is 1. The van der Waals surface area contributed by atoms with Gasteiger partial charge < -0.3 is 4.79 Å². The maximum absolute atomic E-state index is 10.6. The molecule has 0 saturated carbocycles. The molecule has 0 rings (SSSR count). The molecule has 4 nitrogen and oxygen atoms in total. The number of hydrogen-bond donors (Lipinski definition) is 0. The molecular weight excluding hydrogens is 180 g/mol. The van der Waals surface area contributed by atoms with Crippen molar-refractivity contribution in [2.75, 3.05) is 6.26 Å². The second-order valence-electron chi connectivity index (χ2n) is 2.62. The molecule has 5 heteroatoms. The van der Waals surface area contributed by atoms with Gasteiger partial charge in [0.2, 0.25) is 0 Å². The van der Waals surface area contributed by atoms with Crippen LogP contribution in [0.25, 0.3) is 0 Å². The topological polar surface area (TPSA) is 60.4 Å². The zero-order chi connectivity index (χ0) is 9.61. The molecule has 0 radical (unpaired) electrons. The van der Waals surface area contributed by atoms with Crippen LogP contribution in [0.4, 0.5) is 0 Å². The van der Waals surface area contributed by atoms with Gasteiger partial charge in [0.15, 0.2) is 0 Å². The summed E-state index contributed by atoms with van der Waals surface area (Å²) in [5, 5.41) is 0. The zero-order valence-corrected chi connectivity index (χ0v) is 8.13. The number of rotatable bonds is 6. The quantitative estimate of drug-likeness (QED) is 0.461. The highest BCUT2D eigenvalue weighted by Crippen LogP contribution is 2.04. The van der Waals surface area contributed by atoms with Crippen molar-refractivity contribution in [2.24, 2.45) is 0 Å². The Morgan fingerprint density at radius 1 is 1.50 bits per heavy atom. The van der Waals surface area contributed by atoms with Gasteiger partial charge in [-0.3, -0.25) is 4.18 Å². The van der Waals surface area contributed by atoms with Crippen LogP contribution >= 0.6 is 0 Å². The van der Waals surface area contributed by atoms with Crippen LogP contribution in [0.1, 0.15) is 26.2 Å². The van der Waals surface area contributed by atoms with E-state index in [2.05, 4.69) is 4.18 Å². The predicted octanol–water partition coefficient (Wildman–Crippen LogP) is 0.720. The summed E-state index contributed by atoms with van der Waals surface area (Å²) in [6, 6.07) is 0. The molecule has 0 fully saturated rings. The molecule has 0 saturated heterocycles. The Balaban J connectivity index is 3.92. The minimum atomic E-state index is -3.50. The van der Waals surface area contributed by atoms with Crippen molar-refractivity contribution in [3.8, 4) is 0 Å². The summed E-state index contributed by atoms with van der Waals surface area (Å²) in [4.78, 5) is 10.3. The average Bonchev–Trinajstić information content (AvgIpc) is 1.95. The molecule has 72 valence electrons. The Hall–Kier alpha value is -0.420. The minimum absolute atomic E-state index is 0.465. The molecule has 0 aliphatic carbocycles. The van der Waals surface area contributed by atoms with E-state index in [9.17, 15) is 13.2 Å². The van der Waals surface area contributed by atoms with E-state index >= 15 is 0 Å². The fraction of sp³-hybridized carbons (Fsp3) is 0.857. The van der Waals surface area contributed by atoms with Crippen LogP contribution in [0.3, 0.4) is 0 Å². The number of carbonyl (C=O) groups excluding carboxylic acids is 1. The number of hydrogen-bond acceptors (Lipinski definition) is 4. The van der Waals surface area contributed by atoms with Gasteiger partial charge in [0.05, 0.1) is 6.26 Å². The van der Waals surface area contributed by atoms with Crippen molar-refractivity contribution >= 4 is 16.4 Å². The lowest BCUT2D eigenvalue weighted by Crippen LogP contribution is -2.18. The fourth-order valence-electron chi connectivity index (χ4n) is 0.769. The van der Waals surface area contributed by atoms with E-state index in [1.54, 1.807) is 0 Å². The highest BCUT2D eigenvalue weighted by molar-refractivity contribution is 7.86. The third-order valence-corrected chi connectivity index (χ3v) is 1.89. The van der Waals surface area contributed by atoms with Crippen LogP contribution in [0.15, 0.2) is 0 Å². The van der Waals surface area contributed by atoms with Crippen molar-refractivity contribution in [1.29, 1.82) is 0 Å². The average molecular weight is 194 g/mol. The summed E-state index contributed by atoms with van der Waals surface area (Å²) in [6.07, 6.45) is 2.83. The summed E-state index contributed by atoms with van der Waals surface area (Å²) >= 11 is 0. The third-order valence-electron chi connectivity index (χ3n) is 1.29. The van der Waals surface area contributed by atoms with Crippen LogP contribution in [0, 0.1) is 0 Å². The van der Waals surface area contributed by atoms with E-state index in [0.29, 0.717) is 12.7 Å². The first-order valence-corrected chi connectivity index (χ1v) is 5.64. The maximum atomic E-state index is 10.6. The summed E-state index contributed by atoms with van der Waals surface area (Å²) < 4.78 is 25.7. The van der Waals surface area contributed by atoms with E-state index in [4.69, 9.17) is 0 Å². The van der Waals surface area contributed by atoms with Crippen LogP contribution in [-0.4, -0.2) is 27.1 Å². The van der Waals surface area contributed by atoms with Gasteiger partial charge in [-0.1, -0.05) is 19.8 Å². The molecule has 0 aliphatic heterocycles. The van der Waals surface area contributed by atoms with Gasteiger partial charge in [-0.2, -0.15) is 8.42 Å². The molecule has 0 unspecified atom stereocenters. The molecule has 1 atom stereocenters. The van der Waals surface area contributed by atoms with Gasteiger partial charge in [0.25, 0.3) is 10.1 Å². The van der Waals surface area contributed by atoms with Gasteiger partial charge in [0.1, 0.15) is 12.4 Å². The highest BCUT2D eigenvalue weighted by atomic mass is 32.2. The van der Waals surface area contributed by atoms with Gasteiger partial charge in [-0.25, -0.2) is 0 Å². The van der Waals surface area contributed by atoms with Crippen molar-refractivity contribution in [2.45, 2.75) is 32.3 Å². The second-order valence-corrected chi connectivity index (χ2v) is 4.22. The van der Waals surface area contributed by atoms with E-state index in [1.165, 1.54) is 0 Å². The summed E-state index contributed by atoms with van der Waals surface area (Å²) in [5.74, 6) is 0. The first kappa shape index (κ1) is 11.6. The molecule has 0 aromatic carbocycles. The van der Waals surface area contributed by atoms with Crippen molar-refractivity contribution in [1.82, 2.24) is 0 Å². The Morgan fingerprint density at radius 3 is 2.42 bits per heavy atom. The van der Waals surface area contributed by atoms with E-state index < -0.39 is 16.2 Å². The monoisotopic (exact) mass is 194 g/mol. The molecular formula is C7H14O4S. The lowest BCUT2D eigenvalue weighted by molar-refractivity contribution is -0.113. The molecule has 0 spiro atoms. The van der Waals surface area contributed by atoms with Gasteiger partial charge in [0, 0.05) is 0 Å². The lowest BCUT2D eigenvalue weighted by Gasteiger charge is -2.07. The van der Waals surface area contributed by atoms with Gasteiger partial charge in [-0.15, -0.1) is 0 Å². The standard InChI is InChI=1S/C7H14O4S/c1-3-4-5-7(6-8)11-12(2,9)10/h6-7H,3-5H2,1-2H3/t7-/m1/s1. The number of carbonyl (C=O) groups is 1. The second kappa shape index (κ2) is 5.27. The Labute approximate surface area is 73.0 Å². The largest absolute Gasteiger partial charge is 0.300 e. The summed E-state index contributed by atoms with van der Waals surface area (Å²) in [6.45, 7) is 1.96. The Kier molecular flexibility index (Phi) is 5.08. The van der Waals surface area contributed by atoms with Crippen LogP contribution in [0.5, 0.6) is 0 Å². The molecule has 0 N–H and O–H groups in total. The first-order valence-electron chi connectivity index (χ1n) is 3.83. The maximum Gasteiger partial charge on any atom is 0.265 e. The molecule has 0 heterocycles. The van der Waals surface area contributed by atoms with E-state index in [0.717, 1.165) is 19.1 Å². The smallest absolute Gasteiger partial charge is 0.265 e. The zero-order valence-electron chi connectivity index (χ0n) is 7.32. The summed E-state index contributed by atoms with van der Waals surface area (Å²) in [5.41, 5.74) is 0. The molecule has 0 aromatic rings. The third kappa shape index (κ3) is 6.30. The van der Waals surface area contributed by atoms with Crippen molar-refractivity contribution in [3.05, 3.63) is 0 Å². The molecule has 0 aliphatic rings. The van der Waals surface area contributed by atoms with E-state index in [-0.39, 0.29) is 0 Å². The van der Waals surface area contributed by atoms with Crippen molar-refractivity contribution in [3.63, 3.8) is 0 Å². The molecule has 12 heavy (non-hydrogen) atoms. The number of unbranched alkanes of at least 4 members (excludes halogenated alkanes) is 1. The molecule has 0 amide bonds. The van der Waals surface area contributed by atoms with Gasteiger partial charge in [-0.05, 0) is 6.42 Å². The van der Waals surface area contributed by atoms with Gasteiger partial charge >= 0.3 is 0 Å². The first-order chi connectivity index (χ1) is 5.49. The highest BCUT2D eigenvalue weighted by Gasteiger charge is 2.13. The SMILES string of the molecule is CCCC[C@H](C=O)OS(C)(=O)=O. The van der Waals surface area contributed by atoms with E-state index in [1.807, 2.05) is 6.92 Å². The molecule has 0 bridgehead atoms. The van der Waals surface area contributed by atoms with Crippen molar-refractivity contribution < 1.29 is 17.4 Å². The van der Waals surface area contributed by atoms with Crippen LogP contribution in [0.2, 0.25) is 0 Å². The van der Waals surface area contributed by atoms with Crippen LogP contribution in [-0.2, 0) is 19.1 Å². The normalized spacial score (nSPS) is 14.2. The molecule has 0 aromatic heterocycles. The predicted molar refractivity (Wildman–Crippen MR) is 45.3 cm³/mol. The summed E-state index contributed by atoms with van der Waals surface area (Å²) in [7, 11) is -3.50. The van der Waals surface area contributed by atoms with Crippen LogP contribution < -0.4 is 0 Å².